The summed E-state index contributed by atoms with van der Waals surface area (Å²) in [6.45, 7) is 1.72. The van der Waals surface area contributed by atoms with Crippen molar-refractivity contribution in [2.75, 3.05) is 7.05 Å². The predicted octanol–water partition coefficient (Wildman–Crippen LogP) is 3.16. The van der Waals surface area contributed by atoms with Crippen molar-refractivity contribution in [3.05, 3.63) is 0 Å². The van der Waals surface area contributed by atoms with Crippen molar-refractivity contribution in [1.29, 1.82) is 0 Å². The van der Waals surface area contributed by atoms with Crippen LogP contribution >= 0.6 is 0 Å². The summed E-state index contributed by atoms with van der Waals surface area (Å²) in [4.78, 5) is 11.5. The van der Waals surface area contributed by atoms with E-state index in [4.69, 9.17) is 0 Å². The first-order chi connectivity index (χ1) is 8.20. The molecule has 0 aromatic carbocycles. The van der Waals surface area contributed by atoms with Gasteiger partial charge in [0.2, 0.25) is 0 Å². The van der Waals surface area contributed by atoms with E-state index in [1.807, 2.05) is 7.05 Å². The molecule has 0 saturated heterocycles. The minimum Gasteiger partial charge on any atom is -0.311 e. The zero-order valence-electron chi connectivity index (χ0n) is 11.4. The molecule has 0 aromatic heterocycles. The fraction of sp³-hybridized carbons (Fsp3) is 0.933. The Balaban J connectivity index is 1.84. The molecule has 2 rings (SSSR count). The fourth-order valence-corrected chi connectivity index (χ4v) is 4.01. The quantitative estimate of drug-likeness (QED) is 0.813. The topological polar surface area (TPSA) is 29.1 Å². The second-order valence-corrected chi connectivity index (χ2v) is 6.17. The normalized spacial score (nSPS) is 35.1. The van der Waals surface area contributed by atoms with Crippen LogP contribution in [0.2, 0.25) is 0 Å². The van der Waals surface area contributed by atoms with E-state index >= 15 is 0 Å². The lowest BCUT2D eigenvalue weighted by Crippen LogP contribution is -2.37. The van der Waals surface area contributed by atoms with Gasteiger partial charge in [0.1, 0.15) is 5.78 Å². The zero-order valence-corrected chi connectivity index (χ0v) is 11.4. The minimum atomic E-state index is 0.0974. The third-order valence-corrected chi connectivity index (χ3v) is 5.06. The largest absolute Gasteiger partial charge is 0.311 e. The number of hydrogen-bond donors (Lipinski definition) is 1. The first kappa shape index (κ1) is 13.1. The Morgan fingerprint density at radius 1 is 1.18 bits per heavy atom. The maximum absolute atomic E-state index is 11.5. The van der Waals surface area contributed by atoms with Gasteiger partial charge in [0.15, 0.2) is 0 Å². The van der Waals surface area contributed by atoms with E-state index in [2.05, 4.69) is 5.32 Å². The predicted molar refractivity (Wildman–Crippen MR) is 70.9 cm³/mol. The lowest BCUT2D eigenvalue weighted by atomic mass is 9.66. The molecule has 98 valence electrons. The molecule has 0 amide bonds. The van der Waals surface area contributed by atoms with E-state index in [0.29, 0.717) is 5.78 Å². The highest BCUT2D eigenvalue weighted by Gasteiger charge is 2.33. The van der Waals surface area contributed by atoms with Gasteiger partial charge in [-0.1, -0.05) is 32.1 Å². The summed E-state index contributed by atoms with van der Waals surface area (Å²) in [5.74, 6) is 3.09. The van der Waals surface area contributed by atoms with Crippen molar-refractivity contribution < 1.29 is 4.79 Å². The van der Waals surface area contributed by atoms with Crippen LogP contribution in [0, 0.1) is 17.8 Å². The van der Waals surface area contributed by atoms with Crippen LogP contribution in [0.5, 0.6) is 0 Å². The number of likely N-dealkylation sites (N-methyl/N-ethyl adjacent to an activating group) is 1. The summed E-state index contributed by atoms with van der Waals surface area (Å²) < 4.78 is 0. The van der Waals surface area contributed by atoms with Crippen LogP contribution in [0.3, 0.4) is 0 Å². The number of Topliss-reactive ketones (excluding diaryl/α,β-unsaturated/α-hetero) is 1. The van der Waals surface area contributed by atoms with Gasteiger partial charge in [-0.3, -0.25) is 4.79 Å². The van der Waals surface area contributed by atoms with Crippen LogP contribution in [0.15, 0.2) is 0 Å². The molecule has 0 radical (unpaired) electrons. The molecule has 4 atom stereocenters. The Morgan fingerprint density at radius 3 is 2.53 bits per heavy atom. The van der Waals surface area contributed by atoms with Gasteiger partial charge in [-0.25, -0.2) is 0 Å². The molecular weight excluding hydrogens is 210 g/mol. The van der Waals surface area contributed by atoms with E-state index < -0.39 is 0 Å². The molecular formula is C15H27NO. The van der Waals surface area contributed by atoms with Gasteiger partial charge in [0, 0.05) is 0 Å². The van der Waals surface area contributed by atoms with Crippen LogP contribution in [-0.2, 0) is 4.79 Å². The third-order valence-electron chi connectivity index (χ3n) is 5.06. The first-order valence-electron chi connectivity index (χ1n) is 7.38. The van der Waals surface area contributed by atoms with E-state index in [1.165, 1.54) is 44.9 Å². The Hall–Kier alpha value is -0.370. The number of fused-ring (bicyclic) bond motifs is 1. The summed E-state index contributed by atoms with van der Waals surface area (Å²) >= 11 is 0. The number of carbonyl (C=O) groups is 1. The molecule has 2 fully saturated rings. The molecule has 2 nitrogen and oxygen atoms in total. The smallest absolute Gasteiger partial charge is 0.146 e. The molecule has 0 aromatic rings. The van der Waals surface area contributed by atoms with Crippen LogP contribution in [0.1, 0.15) is 58.3 Å². The van der Waals surface area contributed by atoms with Crippen molar-refractivity contribution >= 4 is 5.78 Å². The SMILES string of the molecule is CNC(CC1CCC2CCCCC2C1)C(C)=O. The molecule has 0 heterocycles. The summed E-state index contributed by atoms with van der Waals surface area (Å²) in [6, 6.07) is 0.0974. The maximum Gasteiger partial charge on any atom is 0.146 e. The van der Waals surface area contributed by atoms with Gasteiger partial charge in [-0.15, -0.1) is 0 Å². The first-order valence-corrected chi connectivity index (χ1v) is 7.38. The second-order valence-electron chi connectivity index (χ2n) is 6.17. The standard InChI is InChI=1S/C15H27NO/c1-11(17)15(16-2)10-12-7-8-13-5-3-4-6-14(13)9-12/h12-16H,3-10H2,1-2H3. The Morgan fingerprint density at radius 2 is 1.88 bits per heavy atom. The molecule has 0 bridgehead atoms. The van der Waals surface area contributed by atoms with Gasteiger partial charge in [0.05, 0.1) is 6.04 Å². The lowest BCUT2D eigenvalue weighted by Gasteiger charge is -2.40. The third kappa shape index (κ3) is 3.31. The van der Waals surface area contributed by atoms with Crippen molar-refractivity contribution in [3.8, 4) is 0 Å². The van der Waals surface area contributed by atoms with Gasteiger partial charge in [0.25, 0.3) is 0 Å². The molecule has 4 unspecified atom stereocenters. The number of ketones is 1. The van der Waals surface area contributed by atoms with Crippen LogP contribution < -0.4 is 5.32 Å². The molecule has 2 aliphatic rings. The highest BCUT2D eigenvalue weighted by Crippen LogP contribution is 2.43. The molecule has 17 heavy (non-hydrogen) atoms. The summed E-state index contributed by atoms with van der Waals surface area (Å²) in [5.41, 5.74) is 0. The fourth-order valence-electron chi connectivity index (χ4n) is 4.01. The van der Waals surface area contributed by atoms with Gasteiger partial charge < -0.3 is 5.32 Å². The second kappa shape index (κ2) is 5.99. The Kier molecular flexibility index (Phi) is 4.61. The molecule has 2 aliphatic carbocycles. The van der Waals surface area contributed by atoms with Gasteiger partial charge in [-0.05, 0) is 51.0 Å². The number of rotatable bonds is 4. The lowest BCUT2D eigenvalue weighted by molar-refractivity contribution is -0.119. The summed E-state index contributed by atoms with van der Waals surface area (Å²) in [6.07, 6.45) is 11.0. The zero-order chi connectivity index (χ0) is 12.3. The molecule has 1 N–H and O–H groups in total. The minimum absolute atomic E-state index is 0.0974. The molecule has 2 saturated carbocycles. The number of nitrogens with one attached hydrogen (secondary N) is 1. The van der Waals surface area contributed by atoms with Crippen molar-refractivity contribution in [3.63, 3.8) is 0 Å². The van der Waals surface area contributed by atoms with E-state index in [1.54, 1.807) is 6.92 Å². The number of carbonyl (C=O) groups excluding carboxylic acids is 1. The average molecular weight is 237 g/mol. The Labute approximate surface area is 106 Å². The monoisotopic (exact) mass is 237 g/mol. The van der Waals surface area contributed by atoms with Crippen LogP contribution in [0.4, 0.5) is 0 Å². The van der Waals surface area contributed by atoms with Crippen LogP contribution in [-0.4, -0.2) is 18.9 Å². The van der Waals surface area contributed by atoms with Crippen molar-refractivity contribution in [1.82, 2.24) is 5.32 Å². The maximum atomic E-state index is 11.5. The van der Waals surface area contributed by atoms with E-state index in [9.17, 15) is 4.79 Å². The number of hydrogen-bond acceptors (Lipinski definition) is 2. The van der Waals surface area contributed by atoms with Gasteiger partial charge in [-0.2, -0.15) is 0 Å². The molecule has 0 aliphatic heterocycles. The van der Waals surface area contributed by atoms with E-state index in [0.717, 1.165) is 24.2 Å². The summed E-state index contributed by atoms with van der Waals surface area (Å²) in [7, 11) is 1.91. The highest BCUT2D eigenvalue weighted by molar-refractivity contribution is 5.81. The highest BCUT2D eigenvalue weighted by atomic mass is 16.1. The van der Waals surface area contributed by atoms with E-state index in [-0.39, 0.29) is 6.04 Å². The van der Waals surface area contributed by atoms with Crippen LogP contribution in [0.25, 0.3) is 0 Å². The Bertz CT molecular complexity index is 264. The summed E-state index contributed by atoms with van der Waals surface area (Å²) in [5, 5.41) is 3.17. The van der Waals surface area contributed by atoms with Gasteiger partial charge >= 0.3 is 0 Å². The molecule has 2 heteroatoms. The van der Waals surface area contributed by atoms with Crippen molar-refractivity contribution in [2.45, 2.75) is 64.3 Å². The average Bonchev–Trinajstić information content (AvgIpc) is 2.35. The van der Waals surface area contributed by atoms with Crippen molar-refractivity contribution in [2.24, 2.45) is 17.8 Å². The molecule has 0 spiro atoms.